The first-order valence-corrected chi connectivity index (χ1v) is 10.7. The molecule has 2 aromatic carbocycles. The second-order valence-corrected chi connectivity index (χ2v) is 7.48. The van der Waals surface area contributed by atoms with E-state index in [-0.39, 0.29) is 12.5 Å². The summed E-state index contributed by atoms with van der Waals surface area (Å²) in [6.07, 6.45) is 2.69. The quantitative estimate of drug-likeness (QED) is 0.304. The van der Waals surface area contributed by atoms with Gasteiger partial charge >= 0.3 is 6.16 Å². The summed E-state index contributed by atoms with van der Waals surface area (Å²) in [5.74, 6) is 0.0242. The Morgan fingerprint density at radius 1 is 1.00 bits per heavy atom. The highest BCUT2D eigenvalue weighted by Crippen LogP contribution is 2.29. The Morgan fingerprint density at radius 2 is 1.78 bits per heavy atom. The van der Waals surface area contributed by atoms with Crippen LogP contribution in [0.15, 0.2) is 78.4 Å². The molecule has 0 spiro atoms. The van der Waals surface area contributed by atoms with Gasteiger partial charge in [0, 0.05) is 40.2 Å². The number of carbonyl (C=O) groups excluding carboxylic acids is 2. The van der Waals surface area contributed by atoms with Crippen LogP contribution in [0.25, 0.3) is 21.8 Å². The van der Waals surface area contributed by atoms with Crippen molar-refractivity contribution in [2.75, 3.05) is 11.9 Å². The normalized spacial score (nSPS) is 10.4. The fourth-order valence-corrected chi connectivity index (χ4v) is 3.75. The molecule has 1 N–H and O–H groups in total. The third-order valence-electron chi connectivity index (χ3n) is 4.43. The molecule has 4 aromatic rings. The van der Waals surface area contributed by atoms with E-state index in [0.29, 0.717) is 17.0 Å². The minimum Gasteiger partial charge on any atom is -0.434 e. The minimum absolute atomic E-state index is 0.227. The fourth-order valence-electron chi connectivity index (χ4n) is 2.91. The summed E-state index contributed by atoms with van der Waals surface area (Å²) in [6, 6.07) is 17.6. The van der Waals surface area contributed by atoms with E-state index in [1.54, 1.807) is 42.8 Å². The molecule has 0 atom stereocenters. The van der Waals surface area contributed by atoms with Gasteiger partial charge in [-0.3, -0.25) is 9.78 Å². The van der Waals surface area contributed by atoms with Crippen molar-refractivity contribution in [3.8, 4) is 27.6 Å². The highest BCUT2D eigenvalue weighted by atomic mass is 32.1. The van der Waals surface area contributed by atoms with Crippen molar-refractivity contribution >= 4 is 29.1 Å². The molecule has 8 heteroatoms. The van der Waals surface area contributed by atoms with Gasteiger partial charge in [0.1, 0.15) is 10.8 Å². The van der Waals surface area contributed by atoms with Crippen molar-refractivity contribution < 1.29 is 19.1 Å². The highest BCUT2D eigenvalue weighted by Gasteiger charge is 2.11. The number of hydrogen-bond donors (Lipinski definition) is 1. The third kappa shape index (κ3) is 5.16. The van der Waals surface area contributed by atoms with Gasteiger partial charge < -0.3 is 14.8 Å². The third-order valence-corrected chi connectivity index (χ3v) is 5.32. The van der Waals surface area contributed by atoms with E-state index in [9.17, 15) is 9.59 Å². The number of pyridine rings is 1. The largest absolute Gasteiger partial charge is 0.513 e. The molecule has 0 fully saturated rings. The van der Waals surface area contributed by atoms with E-state index in [1.165, 1.54) is 12.1 Å². The number of carbonyl (C=O) groups is 2. The van der Waals surface area contributed by atoms with Crippen LogP contribution in [0.5, 0.6) is 5.75 Å². The van der Waals surface area contributed by atoms with Crippen LogP contribution >= 0.6 is 11.3 Å². The maximum atomic E-state index is 12.6. The molecular formula is C24H19N3O4S. The van der Waals surface area contributed by atoms with Gasteiger partial charge in [0.2, 0.25) is 0 Å². The van der Waals surface area contributed by atoms with Crippen LogP contribution in [0.1, 0.15) is 17.3 Å². The minimum atomic E-state index is -0.782. The number of ether oxygens (including phenoxy) is 2. The summed E-state index contributed by atoms with van der Waals surface area (Å²) in [6.45, 7) is 1.92. The maximum absolute atomic E-state index is 12.6. The lowest BCUT2D eigenvalue weighted by atomic mass is 10.1. The molecule has 0 saturated carbocycles. The van der Waals surface area contributed by atoms with Crippen LogP contribution in [0.3, 0.4) is 0 Å². The molecule has 2 heterocycles. The second-order valence-electron chi connectivity index (χ2n) is 6.62. The summed E-state index contributed by atoms with van der Waals surface area (Å²) in [7, 11) is 0. The zero-order chi connectivity index (χ0) is 22.3. The number of amides is 1. The van der Waals surface area contributed by atoms with E-state index >= 15 is 0 Å². The molecule has 0 bridgehead atoms. The lowest BCUT2D eigenvalue weighted by molar-refractivity contribution is 0.102. The summed E-state index contributed by atoms with van der Waals surface area (Å²) in [4.78, 5) is 32.7. The van der Waals surface area contributed by atoms with Gasteiger partial charge in [-0.15, -0.1) is 11.3 Å². The molecule has 160 valence electrons. The van der Waals surface area contributed by atoms with Crippen molar-refractivity contribution in [1.82, 2.24) is 9.97 Å². The molecule has 4 rings (SSSR count). The van der Waals surface area contributed by atoms with Crippen LogP contribution in [0.4, 0.5) is 10.5 Å². The van der Waals surface area contributed by atoms with Crippen LogP contribution in [0, 0.1) is 0 Å². The topological polar surface area (TPSA) is 90.4 Å². The zero-order valence-electron chi connectivity index (χ0n) is 17.1. The molecule has 0 radical (unpaired) electrons. The van der Waals surface area contributed by atoms with Crippen LogP contribution < -0.4 is 10.1 Å². The average Bonchev–Trinajstić information content (AvgIpc) is 3.31. The number of hydrogen-bond acceptors (Lipinski definition) is 7. The summed E-state index contributed by atoms with van der Waals surface area (Å²) in [5, 5.41) is 5.77. The van der Waals surface area contributed by atoms with Crippen molar-refractivity contribution in [3.05, 3.63) is 84.0 Å². The summed E-state index contributed by atoms with van der Waals surface area (Å²) in [5.41, 5.74) is 3.82. The van der Waals surface area contributed by atoms with Gasteiger partial charge in [0.05, 0.1) is 12.3 Å². The van der Waals surface area contributed by atoms with Gasteiger partial charge in [-0.2, -0.15) is 0 Å². The van der Waals surface area contributed by atoms with Crippen LogP contribution in [-0.2, 0) is 4.74 Å². The summed E-state index contributed by atoms with van der Waals surface area (Å²) < 4.78 is 9.73. The summed E-state index contributed by atoms with van der Waals surface area (Å²) >= 11 is 1.55. The van der Waals surface area contributed by atoms with Crippen LogP contribution in [-0.4, -0.2) is 28.6 Å². The predicted octanol–water partition coefficient (Wildman–Crippen LogP) is 5.66. The number of benzene rings is 2. The first-order chi connectivity index (χ1) is 15.6. The number of nitrogens with zero attached hydrogens (tertiary/aromatic N) is 2. The molecule has 0 aliphatic rings. The van der Waals surface area contributed by atoms with Gasteiger partial charge in [0.15, 0.2) is 0 Å². The van der Waals surface area contributed by atoms with Gasteiger partial charge in [0.25, 0.3) is 5.91 Å². The average molecular weight is 446 g/mol. The maximum Gasteiger partial charge on any atom is 0.513 e. The molecule has 0 unspecified atom stereocenters. The van der Waals surface area contributed by atoms with Crippen molar-refractivity contribution in [1.29, 1.82) is 0 Å². The molecule has 7 nitrogen and oxygen atoms in total. The highest BCUT2D eigenvalue weighted by molar-refractivity contribution is 7.13. The van der Waals surface area contributed by atoms with E-state index in [4.69, 9.17) is 14.5 Å². The fraction of sp³-hybridized carbons (Fsp3) is 0.0833. The Hall–Kier alpha value is -4.04. The Labute approximate surface area is 188 Å². The predicted molar refractivity (Wildman–Crippen MR) is 123 cm³/mol. The molecule has 0 aliphatic carbocycles. The standard InChI is InChI=1S/C24H19N3O4S/c1-2-30-24(29)31-20-8-6-16(7-9-20)22(28)26-19-5-3-4-18(14-19)21-15-32-23(27-21)17-10-12-25-13-11-17/h3-15H,2H2,1H3,(H,26,28). The Morgan fingerprint density at radius 3 is 2.53 bits per heavy atom. The van der Waals surface area contributed by atoms with Crippen molar-refractivity contribution in [2.45, 2.75) is 6.92 Å². The van der Waals surface area contributed by atoms with Crippen LogP contribution in [0.2, 0.25) is 0 Å². The number of thiazole rings is 1. The van der Waals surface area contributed by atoms with Crippen molar-refractivity contribution in [3.63, 3.8) is 0 Å². The Kier molecular flexibility index (Phi) is 6.52. The number of aromatic nitrogens is 2. The number of nitrogens with one attached hydrogen (secondary N) is 1. The van der Waals surface area contributed by atoms with Gasteiger partial charge in [-0.25, -0.2) is 9.78 Å². The van der Waals surface area contributed by atoms with E-state index < -0.39 is 6.16 Å². The van der Waals surface area contributed by atoms with E-state index in [0.717, 1.165) is 21.8 Å². The zero-order valence-corrected chi connectivity index (χ0v) is 18.0. The monoisotopic (exact) mass is 445 g/mol. The Balaban J connectivity index is 1.44. The first kappa shape index (κ1) is 21.2. The Bertz CT molecular complexity index is 1220. The molecule has 0 aliphatic heterocycles. The van der Waals surface area contributed by atoms with Gasteiger partial charge in [-0.05, 0) is 55.5 Å². The molecule has 32 heavy (non-hydrogen) atoms. The first-order valence-electron chi connectivity index (χ1n) is 9.85. The molecule has 1 amide bonds. The van der Waals surface area contributed by atoms with E-state index in [2.05, 4.69) is 10.3 Å². The number of anilines is 1. The van der Waals surface area contributed by atoms with Crippen molar-refractivity contribution in [2.24, 2.45) is 0 Å². The lowest BCUT2D eigenvalue weighted by Crippen LogP contribution is -2.12. The molecule has 2 aromatic heterocycles. The van der Waals surface area contributed by atoms with E-state index in [1.807, 2.05) is 41.8 Å². The molecular weight excluding hydrogens is 426 g/mol. The second kappa shape index (κ2) is 9.84. The van der Waals surface area contributed by atoms with Gasteiger partial charge in [-0.1, -0.05) is 12.1 Å². The SMILES string of the molecule is CCOC(=O)Oc1ccc(C(=O)Nc2cccc(-c3csc(-c4ccncc4)n3)c2)cc1. The number of rotatable bonds is 6. The lowest BCUT2D eigenvalue weighted by Gasteiger charge is -2.08. The molecule has 0 saturated heterocycles. The smallest absolute Gasteiger partial charge is 0.434 e.